The summed E-state index contributed by atoms with van der Waals surface area (Å²) in [6.07, 6.45) is 4.39. The van der Waals surface area contributed by atoms with Gasteiger partial charge in [0.2, 0.25) is 5.91 Å². The molecule has 21 heavy (non-hydrogen) atoms. The van der Waals surface area contributed by atoms with Crippen LogP contribution in [0.3, 0.4) is 0 Å². The Morgan fingerprint density at radius 3 is 2.71 bits per heavy atom. The van der Waals surface area contributed by atoms with Crippen molar-refractivity contribution in [2.75, 3.05) is 19.1 Å². The number of hydrogen-bond donors (Lipinski definition) is 1. The number of halogens is 1. The second kappa shape index (κ2) is 6.37. The van der Waals surface area contributed by atoms with Gasteiger partial charge in [0.05, 0.1) is 5.54 Å². The summed E-state index contributed by atoms with van der Waals surface area (Å²) >= 11 is 6.13. The highest BCUT2D eigenvalue weighted by Gasteiger charge is 2.35. The van der Waals surface area contributed by atoms with Crippen molar-refractivity contribution in [3.05, 3.63) is 35.4 Å². The van der Waals surface area contributed by atoms with Crippen LogP contribution in [-0.2, 0) is 22.4 Å². The van der Waals surface area contributed by atoms with E-state index >= 15 is 0 Å². The second-order valence-corrected chi connectivity index (χ2v) is 6.49. The smallest absolute Gasteiger partial charge is 0.223 e. The zero-order chi connectivity index (χ0) is 14.7. The Labute approximate surface area is 131 Å². The Morgan fingerprint density at radius 1 is 1.29 bits per heavy atom. The maximum absolute atomic E-state index is 12.6. The van der Waals surface area contributed by atoms with E-state index in [9.17, 15) is 4.79 Å². The first kappa shape index (κ1) is 14.9. The maximum atomic E-state index is 12.6. The van der Waals surface area contributed by atoms with Crippen molar-refractivity contribution in [1.82, 2.24) is 5.32 Å². The van der Waals surface area contributed by atoms with E-state index in [4.69, 9.17) is 16.3 Å². The number of carbonyl (C=O) groups excluding carboxylic acids is 1. The Kier molecular flexibility index (Phi) is 4.51. The highest BCUT2D eigenvalue weighted by Crippen LogP contribution is 2.28. The average Bonchev–Trinajstić information content (AvgIpc) is 2.55. The first-order valence-electron chi connectivity index (χ1n) is 7.75. The summed E-state index contributed by atoms with van der Waals surface area (Å²) < 4.78 is 5.39. The van der Waals surface area contributed by atoms with Gasteiger partial charge >= 0.3 is 0 Å². The number of benzene rings is 1. The van der Waals surface area contributed by atoms with Crippen LogP contribution < -0.4 is 5.32 Å². The van der Waals surface area contributed by atoms with Gasteiger partial charge in [0.15, 0.2) is 0 Å². The molecular weight excluding hydrogens is 286 g/mol. The van der Waals surface area contributed by atoms with Crippen LogP contribution in [0.25, 0.3) is 0 Å². The lowest BCUT2D eigenvalue weighted by atomic mass is 9.82. The zero-order valence-corrected chi connectivity index (χ0v) is 13.0. The number of aryl methyl sites for hydroxylation is 1. The van der Waals surface area contributed by atoms with Crippen LogP contribution in [0.15, 0.2) is 24.3 Å². The van der Waals surface area contributed by atoms with Crippen molar-refractivity contribution in [1.29, 1.82) is 0 Å². The van der Waals surface area contributed by atoms with Gasteiger partial charge in [0.25, 0.3) is 0 Å². The van der Waals surface area contributed by atoms with Gasteiger partial charge in [0.1, 0.15) is 0 Å². The quantitative estimate of drug-likeness (QED) is 0.872. The number of fused-ring (bicyclic) bond motifs is 1. The number of hydrogen-bond acceptors (Lipinski definition) is 2. The van der Waals surface area contributed by atoms with Crippen LogP contribution in [0.5, 0.6) is 0 Å². The van der Waals surface area contributed by atoms with E-state index in [0.29, 0.717) is 19.1 Å². The van der Waals surface area contributed by atoms with Crippen molar-refractivity contribution < 1.29 is 9.53 Å². The van der Waals surface area contributed by atoms with E-state index in [1.165, 1.54) is 11.1 Å². The molecule has 0 spiro atoms. The standard InChI is InChI=1S/C17H22ClNO2/c18-12-17(7-9-21-10-8-17)19-16(20)15-6-5-13-3-1-2-4-14(13)11-15/h1-4,15H,5-12H2,(H,19,20). The molecule has 1 aromatic carbocycles. The van der Waals surface area contributed by atoms with E-state index in [2.05, 4.69) is 29.6 Å². The number of rotatable bonds is 3. The maximum Gasteiger partial charge on any atom is 0.223 e. The predicted octanol–water partition coefficient (Wildman–Crippen LogP) is 2.70. The minimum absolute atomic E-state index is 0.0721. The van der Waals surface area contributed by atoms with Gasteiger partial charge in [-0.05, 0) is 43.2 Å². The molecular formula is C17H22ClNO2. The van der Waals surface area contributed by atoms with Crippen molar-refractivity contribution in [2.45, 2.75) is 37.6 Å². The predicted molar refractivity (Wildman–Crippen MR) is 83.6 cm³/mol. The second-order valence-electron chi connectivity index (χ2n) is 6.22. The molecule has 3 nitrogen and oxygen atoms in total. The van der Waals surface area contributed by atoms with Gasteiger partial charge < -0.3 is 10.1 Å². The summed E-state index contributed by atoms with van der Waals surface area (Å²) in [5, 5.41) is 3.23. The van der Waals surface area contributed by atoms with Gasteiger partial charge in [-0.25, -0.2) is 0 Å². The first-order valence-corrected chi connectivity index (χ1v) is 8.28. The number of alkyl halides is 1. The third kappa shape index (κ3) is 3.24. The van der Waals surface area contributed by atoms with Gasteiger partial charge in [-0.15, -0.1) is 11.6 Å². The molecule has 1 saturated heterocycles. The molecule has 1 heterocycles. The topological polar surface area (TPSA) is 38.3 Å². The molecule has 1 unspecified atom stereocenters. The molecule has 0 saturated carbocycles. The molecule has 3 rings (SSSR count). The number of ether oxygens (including phenoxy) is 1. The molecule has 1 N–H and O–H groups in total. The fraction of sp³-hybridized carbons (Fsp3) is 0.588. The van der Waals surface area contributed by atoms with Gasteiger partial charge in [-0.3, -0.25) is 4.79 Å². The minimum atomic E-state index is -0.270. The fourth-order valence-electron chi connectivity index (χ4n) is 3.34. The summed E-state index contributed by atoms with van der Waals surface area (Å²) in [5.74, 6) is 0.695. The molecule has 2 aliphatic rings. The van der Waals surface area contributed by atoms with E-state index < -0.39 is 0 Å². The van der Waals surface area contributed by atoms with Crippen LogP contribution in [0.4, 0.5) is 0 Å². The lowest BCUT2D eigenvalue weighted by molar-refractivity contribution is -0.128. The molecule has 0 aromatic heterocycles. The van der Waals surface area contributed by atoms with Crippen molar-refractivity contribution in [3.63, 3.8) is 0 Å². The summed E-state index contributed by atoms with van der Waals surface area (Å²) in [6, 6.07) is 8.43. The highest BCUT2D eigenvalue weighted by atomic mass is 35.5. The normalized spacial score (nSPS) is 24.1. The summed E-state index contributed by atoms with van der Waals surface area (Å²) in [6.45, 7) is 1.36. The molecule has 114 valence electrons. The van der Waals surface area contributed by atoms with Crippen LogP contribution in [0.1, 0.15) is 30.4 Å². The average molecular weight is 308 g/mol. The Morgan fingerprint density at radius 2 is 2.00 bits per heavy atom. The lowest BCUT2D eigenvalue weighted by Crippen LogP contribution is -2.55. The third-order valence-corrected chi connectivity index (χ3v) is 5.32. The molecule has 0 radical (unpaired) electrons. The van der Waals surface area contributed by atoms with Crippen LogP contribution >= 0.6 is 11.6 Å². The summed E-state index contributed by atoms with van der Waals surface area (Å²) in [7, 11) is 0. The Bertz CT molecular complexity index is 511. The van der Waals surface area contributed by atoms with E-state index in [-0.39, 0.29) is 17.4 Å². The third-order valence-electron chi connectivity index (χ3n) is 4.81. The number of amides is 1. The largest absolute Gasteiger partial charge is 0.381 e. The Balaban J connectivity index is 1.66. The molecule has 1 amide bonds. The van der Waals surface area contributed by atoms with E-state index in [0.717, 1.165) is 32.1 Å². The number of carbonyl (C=O) groups is 1. The Hall–Kier alpha value is -1.06. The van der Waals surface area contributed by atoms with Crippen LogP contribution in [0.2, 0.25) is 0 Å². The summed E-state index contributed by atoms with van der Waals surface area (Å²) in [4.78, 5) is 12.6. The van der Waals surface area contributed by atoms with Gasteiger partial charge in [-0.1, -0.05) is 24.3 Å². The van der Waals surface area contributed by atoms with Crippen molar-refractivity contribution in [3.8, 4) is 0 Å². The van der Waals surface area contributed by atoms with E-state index in [1.807, 2.05) is 0 Å². The first-order chi connectivity index (χ1) is 10.2. The molecule has 1 aliphatic carbocycles. The summed E-state index contributed by atoms with van der Waals surface area (Å²) in [5.41, 5.74) is 2.43. The van der Waals surface area contributed by atoms with Gasteiger partial charge in [0, 0.05) is 25.0 Å². The zero-order valence-electron chi connectivity index (χ0n) is 12.2. The van der Waals surface area contributed by atoms with Crippen molar-refractivity contribution in [2.24, 2.45) is 5.92 Å². The molecule has 1 aromatic rings. The van der Waals surface area contributed by atoms with Crippen molar-refractivity contribution >= 4 is 17.5 Å². The lowest BCUT2D eigenvalue weighted by Gasteiger charge is -2.38. The van der Waals surface area contributed by atoms with Gasteiger partial charge in [-0.2, -0.15) is 0 Å². The molecule has 4 heteroatoms. The fourth-order valence-corrected chi connectivity index (χ4v) is 3.67. The monoisotopic (exact) mass is 307 g/mol. The molecule has 1 atom stereocenters. The SMILES string of the molecule is O=C(NC1(CCl)CCOCC1)C1CCc2ccccc2C1. The number of nitrogens with one attached hydrogen (secondary N) is 1. The molecule has 0 bridgehead atoms. The van der Waals surface area contributed by atoms with E-state index in [1.54, 1.807) is 0 Å². The molecule has 1 fully saturated rings. The highest BCUT2D eigenvalue weighted by molar-refractivity contribution is 6.18. The minimum Gasteiger partial charge on any atom is -0.381 e. The molecule has 1 aliphatic heterocycles. The van der Waals surface area contributed by atoms with Crippen LogP contribution in [-0.4, -0.2) is 30.5 Å². The van der Waals surface area contributed by atoms with Crippen LogP contribution in [0, 0.1) is 5.92 Å².